The molecule has 1 saturated heterocycles. The Morgan fingerprint density at radius 2 is 1.92 bits per heavy atom. The van der Waals surface area contributed by atoms with Gasteiger partial charge >= 0.3 is 11.5 Å². The highest BCUT2D eigenvalue weighted by atomic mass is 35.5. The summed E-state index contributed by atoms with van der Waals surface area (Å²) in [5.41, 5.74) is -3.47. The minimum absolute atomic E-state index is 0. The number of hydrogen-bond acceptors (Lipinski definition) is 5. The molecular formula is C15H20ClF3N2O2S. The second-order valence-electron chi connectivity index (χ2n) is 5.21. The molecule has 2 rings (SSSR count). The molecule has 1 fully saturated rings. The van der Waals surface area contributed by atoms with Crippen LogP contribution in [-0.4, -0.2) is 55.7 Å². The third-order valence-electron chi connectivity index (χ3n) is 3.50. The Morgan fingerprint density at radius 1 is 1.25 bits per heavy atom. The number of piperazine rings is 1. The maximum Gasteiger partial charge on any atom is 0.446 e. The smallest absolute Gasteiger partial charge is 0.446 e. The van der Waals surface area contributed by atoms with Crippen molar-refractivity contribution in [3.63, 3.8) is 0 Å². The van der Waals surface area contributed by atoms with Crippen molar-refractivity contribution in [3.05, 3.63) is 24.3 Å². The van der Waals surface area contributed by atoms with E-state index in [0.29, 0.717) is 13.2 Å². The molecule has 1 heterocycles. The number of hydrogen-bond donors (Lipinski definition) is 0. The molecule has 0 radical (unpaired) electrons. The summed E-state index contributed by atoms with van der Waals surface area (Å²) in [5.74, 6) is -0.289. The standard InChI is InChI=1S/C15H19F3N2O2S.ClH/c1-12(21)22-10-9-19-5-7-20(8-6-19)13-3-2-4-14(11-13)23-15(16,17)18;/h2-4,11H,5-10H2,1H3;1H. The van der Waals surface area contributed by atoms with Crippen LogP contribution < -0.4 is 4.90 Å². The summed E-state index contributed by atoms with van der Waals surface area (Å²) >= 11 is -0.0923. The summed E-state index contributed by atoms with van der Waals surface area (Å²) < 4.78 is 42.3. The van der Waals surface area contributed by atoms with Gasteiger partial charge in [0.15, 0.2) is 0 Å². The van der Waals surface area contributed by atoms with Crippen molar-refractivity contribution in [2.75, 3.05) is 44.2 Å². The minimum Gasteiger partial charge on any atom is -0.465 e. The molecule has 136 valence electrons. The van der Waals surface area contributed by atoms with Gasteiger partial charge in [0.25, 0.3) is 0 Å². The second kappa shape index (κ2) is 9.39. The Hall–Kier alpha value is -1.12. The monoisotopic (exact) mass is 384 g/mol. The SMILES string of the molecule is CC(=O)OCCN1CCN(c2cccc(SC(F)(F)F)c2)CC1.Cl. The Bertz CT molecular complexity index is 538. The lowest BCUT2D eigenvalue weighted by Gasteiger charge is -2.36. The van der Waals surface area contributed by atoms with E-state index in [4.69, 9.17) is 4.74 Å². The summed E-state index contributed by atoms with van der Waals surface area (Å²) in [7, 11) is 0. The first-order chi connectivity index (χ1) is 10.8. The van der Waals surface area contributed by atoms with Crippen LogP contribution in [0.3, 0.4) is 0 Å². The maximum atomic E-state index is 12.4. The number of nitrogens with zero attached hydrogens (tertiary/aromatic N) is 2. The van der Waals surface area contributed by atoms with Crippen LogP contribution in [0.4, 0.5) is 18.9 Å². The van der Waals surface area contributed by atoms with Crippen LogP contribution in [0.2, 0.25) is 0 Å². The lowest BCUT2D eigenvalue weighted by atomic mass is 10.2. The highest BCUT2D eigenvalue weighted by Crippen LogP contribution is 2.38. The topological polar surface area (TPSA) is 32.8 Å². The van der Waals surface area contributed by atoms with E-state index in [0.717, 1.165) is 31.9 Å². The molecule has 1 aromatic carbocycles. The van der Waals surface area contributed by atoms with E-state index in [9.17, 15) is 18.0 Å². The van der Waals surface area contributed by atoms with Crippen LogP contribution in [-0.2, 0) is 9.53 Å². The predicted octanol–water partition coefficient (Wildman–Crippen LogP) is 3.41. The highest BCUT2D eigenvalue weighted by Gasteiger charge is 2.29. The molecule has 0 spiro atoms. The molecule has 1 aliphatic rings. The van der Waals surface area contributed by atoms with Crippen molar-refractivity contribution in [3.8, 4) is 0 Å². The zero-order valence-electron chi connectivity index (χ0n) is 13.2. The molecule has 0 aliphatic carbocycles. The summed E-state index contributed by atoms with van der Waals surface area (Å²) in [6.45, 7) is 5.48. The highest BCUT2D eigenvalue weighted by molar-refractivity contribution is 8.00. The van der Waals surface area contributed by atoms with Gasteiger partial charge in [0.05, 0.1) is 0 Å². The third-order valence-corrected chi connectivity index (χ3v) is 4.22. The lowest BCUT2D eigenvalue weighted by molar-refractivity contribution is -0.141. The average Bonchev–Trinajstić information content (AvgIpc) is 2.46. The van der Waals surface area contributed by atoms with Crippen LogP contribution in [0.1, 0.15) is 6.92 Å². The number of carbonyl (C=O) groups excluding carboxylic acids is 1. The number of anilines is 1. The fourth-order valence-corrected chi connectivity index (χ4v) is 3.02. The van der Waals surface area contributed by atoms with Crippen molar-refractivity contribution in [2.45, 2.75) is 17.3 Å². The molecule has 0 amide bonds. The Morgan fingerprint density at radius 3 is 2.50 bits per heavy atom. The van der Waals surface area contributed by atoms with Gasteiger partial charge in [-0.05, 0) is 30.0 Å². The molecule has 1 aromatic rings. The maximum absolute atomic E-state index is 12.4. The van der Waals surface area contributed by atoms with Crippen LogP contribution in [0.25, 0.3) is 0 Å². The number of alkyl halides is 3. The molecule has 4 nitrogen and oxygen atoms in total. The number of benzene rings is 1. The summed E-state index contributed by atoms with van der Waals surface area (Å²) in [6.07, 6.45) is 0. The Balaban J connectivity index is 0.00000288. The van der Waals surface area contributed by atoms with Crippen LogP contribution in [0, 0.1) is 0 Å². The first kappa shape index (κ1) is 20.9. The minimum atomic E-state index is -4.27. The normalized spacial score (nSPS) is 15.8. The molecule has 1 aliphatic heterocycles. The third kappa shape index (κ3) is 7.19. The number of esters is 1. The summed E-state index contributed by atoms with van der Waals surface area (Å²) in [4.78, 5) is 15.2. The molecule has 0 aromatic heterocycles. The zero-order valence-corrected chi connectivity index (χ0v) is 14.8. The predicted molar refractivity (Wildman–Crippen MR) is 90.9 cm³/mol. The van der Waals surface area contributed by atoms with Crippen molar-refractivity contribution >= 4 is 35.8 Å². The van der Waals surface area contributed by atoms with Crippen LogP contribution in [0.15, 0.2) is 29.2 Å². The van der Waals surface area contributed by atoms with Crippen molar-refractivity contribution in [1.29, 1.82) is 0 Å². The van der Waals surface area contributed by atoms with E-state index >= 15 is 0 Å². The molecular weight excluding hydrogens is 365 g/mol. The van der Waals surface area contributed by atoms with Gasteiger partial charge in [0.1, 0.15) is 6.61 Å². The molecule has 0 atom stereocenters. The largest absolute Gasteiger partial charge is 0.465 e. The molecule has 0 unspecified atom stereocenters. The first-order valence-electron chi connectivity index (χ1n) is 7.30. The molecule has 0 saturated carbocycles. The van der Waals surface area contributed by atoms with Gasteiger partial charge in [0, 0.05) is 50.2 Å². The number of thioether (sulfide) groups is 1. The second-order valence-corrected chi connectivity index (χ2v) is 6.35. The zero-order chi connectivity index (χ0) is 16.9. The van der Waals surface area contributed by atoms with E-state index in [1.54, 1.807) is 12.1 Å². The van der Waals surface area contributed by atoms with E-state index in [1.807, 2.05) is 6.07 Å². The molecule has 9 heteroatoms. The quantitative estimate of drug-likeness (QED) is 0.574. The van der Waals surface area contributed by atoms with Crippen molar-refractivity contribution in [2.24, 2.45) is 0 Å². The van der Waals surface area contributed by atoms with Gasteiger partial charge in [-0.25, -0.2) is 0 Å². The molecule has 24 heavy (non-hydrogen) atoms. The fourth-order valence-electron chi connectivity index (χ4n) is 2.43. The van der Waals surface area contributed by atoms with E-state index < -0.39 is 5.51 Å². The molecule has 0 N–H and O–H groups in total. The van der Waals surface area contributed by atoms with Gasteiger partial charge in [-0.3, -0.25) is 9.69 Å². The van der Waals surface area contributed by atoms with Gasteiger partial charge in [-0.15, -0.1) is 12.4 Å². The molecule has 0 bridgehead atoms. The van der Waals surface area contributed by atoms with Crippen LogP contribution >= 0.6 is 24.2 Å². The summed E-state index contributed by atoms with van der Waals surface area (Å²) in [5, 5.41) is 0. The van der Waals surface area contributed by atoms with Crippen molar-refractivity contribution in [1.82, 2.24) is 4.90 Å². The van der Waals surface area contributed by atoms with Gasteiger partial charge in [-0.1, -0.05) is 6.07 Å². The average molecular weight is 385 g/mol. The lowest BCUT2D eigenvalue weighted by Crippen LogP contribution is -2.47. The first-order valence-corrected chi connectivity index (χ1v) is 8.11. The summed E-state index contributed by atoms with van der Waals surface area (Å²) in [6, 6.07) is 6.52. The fraction of sp³-hybridized carbons (Fsp3) is 0.533. The van der Waals surface area contributed by atoms with E-state index in [-0.39, 0.29) is 35.0 Å². The van der Waals surface area contributed by atoms with Gasteiger partial charge in [-0.2, -0.15) is 13.2 Å². The number of halogens is 4. The van der Waals surface area contributed by atoms with Crippen molar-refractivity contribution < 1.29 is 22.7 Å². The number of carbonyl (C=O) groups is 1. The van der Waals surface area contributed by atoms with Gasteiger partial charge in [0.2, 0.25) is 0 Å². The van der Waals surface area contributed by atoms with E-state index in [1.165, 1.54) is 13.0 Å². The Labute approximate surface area is 149 Å². The number of rotatable bonds is 5. The number of ether oxygens (including phenoxy) is 1. The van der Waals surface area contributed by atoms with E-state index in [2.05, 4.69) is 9.80 Å². The Kier molecular flexibility index (Phi) is 8.18. The van der Waals surface area contributed by atoms with Crippen LogP contribution in [0.5, 0.6) is 0 Å². The van der Waals surface area contributed by atoms with Gasteiger partial charge < -0.3 is 9.64 Å².